The number of aliphatic hydroxyl groups is 1. The van der Waals surface area contributed by atoms with Crippen molar-refractivity contribution in [2.24, 2.45) is 21.7 Å². The van der Waals surface area contributed by atoms with Gasteiger partial charge in [-0.1, -0.05) is 90.8 Å². The fourth-order valence-electron chi connectivity index (χ4n) is 5.20. The van der Waals surface area contributed by atoms with Crippen molar-refractivity contribution in [1.29, 1.82) is 0 Å². The lowest BCUT2D eigenvalue weighted by molar-refractivity contribution is -0.147. The molecule has 2 N–H and O–H groups in total. The molecule has 2 aliphatic carbocycles. The standard InChI is InChI=1S/C34H50O5/c1-31(2,23-35)17-11-9-13-24-19-32(3,4)21-26(28(24)36)15-16-27-22-33(5,6)20-25(29(27)37)14-10-12-18-34(7,8)30(38)39/h15-16,19-22,35H,9-14,17-18,23H2,1-8H3,(H,38,39)/b16-15-. The maximum Gasteiger partial charge on any atom is 0.309 e. The Balaban J connectivity index is 2.08. The van der Waals surface area contributed by atoms with Gasteiger partial charge >= 0.3 is 5.97 Å². The number of hydrogen-bond donors (Lipinski definition) is 2. The Morgan fingerprint density at radius 2 is 1.15 bits per heavy atom. The number of carbonyl (C=O) groups excluding carboxylic acids is 2. The fourth-order valence-corrected chi connectivity index (χ4v) is 5.20. The zero-order valence-electron chi connectivity index (χ0n) is 25.4. The van der Waals surface area contributed by atoms with Crippen LogP contribution in [0.2, 0.25) is 0 Å². The molecule has 0 unspecified atom stereocenters. The molecule has 5 heteroatoms. The van der Waals surface area contributed by atoms with Crippen molar-refractivity contribution in [2.75, 3.05) is 6.61 Å². The molecule has 0 bridgehead atoms. The number of rotatable bonds is 14. The molecule has 0 amide bonds. The minimum absolute atomic E-state index is 0.0200. The van der Waals surface area contributed by atoms with Gasteiger partial charge in [0.05, 0.1) is 5.41 Å². The van der Waals surface area contributed by atoms with Gasteiger partial charge in [-0.25, -0.2) is 0 Å². The highest BCUT2D eigenvalue weighted by molar-refractivity contribution is 6.13. The van der Waals surface area contributed by atoms with Gasteiger partial charge in [-0.3, -0.25) is 14.4 Å². The number of unbranched alkanes of at least 4 members (excludes halogenated alkanes) is 2. The number of aliphatic hydroxyl groups excluding tert-OH is 1. The van der Waals surface area contributed by atoms with Crippen LogP contribution in [0.1, 0.15) is 107 Å². The summed E-state index contributed by atoms with van der Waals surface area (Å²) >= 11 is 0. The highest BCUT2D eigenvalue weighted by Crippen LogP contribution is 2.35. The van der Waals surface area contributed by atoms with Gasteiger partial charge in [-0.05, 0) is 68.9 Å². The summed E-state index contributed by atoms with van der Waals surface area (Å²) in [6.07, 6.45) is 17.7. The normalized spacial score (nSPS) is 19.5. The molecule has 0 aromatic heterocycles. The quantitative estimate of drug-likeness (QED) is 0.221. The van der Waals surface area contributed by atoms with Gasteiger partial charge in [0.25, 0.3) is 0 Å². The largest absolute Gasteiger partial charge is 0.481 e. The molecule has 0 radical (unpaired) electrons. The molecule has 0 saturated carbocycles. The predicted molar refractivity (Wildman–Crippen MR) is 158 cm³/mol. The Labute approximate surface area is 235 Å². The van der Waals surface area contributed by atoms with Crippen molar-refractivity contribution in [3.05, 3.63) is 58.7 Å². The third-order valence-corrected chi connectivity index (χ3v) is 7.75. The summed E-state index contributed by atoms with van der Waals surface area (Å²) in [5.41, 5.74) is 1.37. The molecule has 2 aliphatic rings. The summed E-state index contributed by atoms with van der Waals surface area (Å²) < 4.78 is 0. The highest BCUT2D eigenvalue weighted by Gasteiger charge is 2.29. The monoisotopic (exact) mass is 538 g/mol. The topological polar surface area (TPSA) is 91.7 Å². The second-order valence-electron chi connectivity index (χ2n) is 14.1. The van der Waals surface area contributed by atoms with Gasteiger partial charge in [0, 0.05) is 28.6 Å². The second kappa shape index (κ2) is 12.8. The first-order chi connectivity index (χ1) is 17.9. The van der Waals surface area contributed by atoms with Crippen LogP contribution < -0.4 is 0 Å². The zero-order valence-corrected chi connectivity index (χ0v) is 25.4. The maximum atomic E-state index is 13.3. The maximum absolute atomic E-state index is 13.3. The van der Waals surface area contributed by atoms with E-state index in [-0.39, 0.29) is 34.4 Å². The Morgan fingerprint density at radius 1 is 0.744 bits per heavy atom. The van der Waals surface area contributed by atoms with Crippen LogP contribution in [0.3, 0.4) is 0 Å². The molecule has 0 aromatic carbocycles. The van der Waals surface area contributed by atoms with E-state index in [4.69, 9.17) is 0 Å². The number of carbonyl (C=O) groups is 3. The summed E-state index contributed by atoms with van der Waals surface area (Å²) in [7, 11) is 0. The van der Waals surface area contributed by atoms with E-state index in [9.17, 15) is 24.6 Å². The van der Waals surface area contributed by atoms with Crippen LogP contribution in [0.5, 0.6) is 0 Å². The Hall–Kier alpha value is -2.53. The fraction of sp³-hybridized carbons (Fsp3) is 0.618. The molecular formula is C34H50O5. The van der Waals surface area contributed by atoms with E-state index in [0.29, 0.717) is 30.4 Å². The third kappa shape index (κ3) is 9.86. The first-order valence-corrected chi connectivity index (χ1v) is 14.4. The smallest absolute Gasteiger partial charge is 0.309 e. The van der Waals surface area contributed by atoms with Crippen LogP contribution in [0.15, 0.2) is 58.7 Å². The van der Waals surface area contributed by atoms with Crippen LogP contribution in [-0.2, 0) is 14.4 Å². The van der Waals surface area contributed by atoms with E-state index in [1.807, 2.05) is 18.2 Å². The van der Waals surface area contributed by atoms with E-state index >= 15 is 0 Å². The SMILES string of the molecule is CC1(C)C=C(/C=C\C2=CC(C)(C)C=C(CCCCC(C)(C)C(=O)O)C2=O)C(=O)C(CCCCC(C)(C)CO)=C1. The van der Waals surface area contributed by atoms with E-state index in [0.717, 1.165) is 43.3 Å². The third-order valence-electron chi connectivity index (χ3n) is 7.75. The van der Waals surface area contributed by atoms with Crippen molar-refractivity contribution < 1.29 is 24.6 Å². The van der Waals surface area contributed by atoms with Gasteiger partial charge in [0.2, 0.25) is 0 Å². The molecule has 2 rings (SSSR count). The molecule has 0 aliphatic heterocycles. The van der Waals surface area contributed by atoms with E-state index in [1.165, 1.54) is 0 Å². The van der Waals surface area contributed by atoms with E-state index in [2.05, 4.69) is 47.6 Å². The predicted octanol–water partition coefficient (Wildman–Crippen LogP) is 7.72. The molecule has 0 spiro atoms. The molecule has 5 nitrogen and oxygen atoms in total. The molecule has 0 aromatic rings. The number of carboxylic acid groups (broad SMARTS) is 1. The Morgan fingerprint density at radius 3 is 1.54 bits per heavy atom. The van der Waals surface area contributed by atoms with Gasteiger partial charge in [-0.2, -0.15) is 0 Å². The number of carboxylic acids is 1. The van der Waals surface area contributed by atoms with Crippen molar-refractivity contribution in [1.82, 2.24) is 0 Å². The van der Waals surface area contributed by atoms with Crippen molar-refractivity contribution in [3.8, 4) is 0 Å². The minimum Gasteiger partial charge on any atom is -0.481 e. The molecule has 0 heterocycles. The summed E-state index contributed by atoms with van der Waals surface area (Å²) in [5.74, 6) is -0.800. The number of Topliss-reactive ketones (excluding diaryl/α,β-unsaturated/α-hetero) is 2. The van der Waals surface area contributed by atoms with Gasteiger partial charge in [-0.15, -0.1) is 0 Å². The van der Waals surface area contributed by atoms with Crippen molar-refractivity contribution in [3.63, 3.8) is 0 Å². The summed E-state index contributed by atoms with van der Waals surface area (Å²) in [6, 6.07) is 0. The van der Waals surface area contributed by atoms with Crippen LogP contribution in [0.25, 0.3) is 0 Å². The molecule has 39 heavy (non-hydrogen) atoms. The van der Waals surface area contributed by atoms with Gasteiger partial charge in [0.1, 0.15) is 0 Å². The van der Waals surface area contributed by atoms with E-state index < -0.39 is 11.4 Å². The molecule has 0 fully saturated rings. The van der Waals surface area contributed by atoms with Gasteiger partial charge in [0.15, 0.2) is 11.6 Å². The number of ketones is 2. The first-order valence-electron chi connectivity index (χ1n) is 14.4. The van der Waals surface area contributed by atoms with Crippen molar-refractivity contribution >= 4 is 17.5 Å². The van der Waals surface area contributed by atoms with Crippen LogP contribution in [0, 0.1) is 21.7 Å². The summed E-state index contributed by atoms with van der Waals surface area (Å²) in [6.45, 7) is 16.0. The molecule has 216 valence electrons. The zero-order chi connectivity index (χ0) is 29.6. The Kier molecular flexibility index (Phi) is 10.7. The molecule has 0 saturated heterocycles. The minimum atomic E-state index is -0.801. The van der Waals surface area contributed by atoms with Crippen LogP contribution >= 0.6 is 0 Å². The first kappa shape index (κ1) is 32.7. The van der Waals surface area contributed by atoms with Crippen LogP contribution in [-0.4, -0.2) is 34.4 Å². The number of hydrogen-bond acceptors (Lipinski definition) is 4. The van der Waals surface area contributed by atoms with Crippen molar-refractivity contribution in [2.45, 2.75) is 107 Å². The second-order valence-corrected chi connectivity index (χ2v) is 14.1. The van der Waals surface area contributed by atoms with Crippen LogP contribution in [0.4, 0.5) is 0 Å². The average molecular weight is 539 g/mol. The summed E-state index contributed by atoms with van der Waals surface area (Å²) in [5, 5.41) is 18.8. The number of allylic oxidation sites excluding steroid dienone is 10. The molecular weight excluding hydrogens is 488 g/mol. The number of aliphatic carboxylic acids is 1. The average Bonchev–Trinajstić information content (AvgIpc) is 2.82. The highest BCUT2D eigenvalue weighted by atomic mass is 16.4. The lowest BCUT2D eigenvalue weighted by atomic mass is 9.77. The Bertz CT molecular complexity index is 1100. The van der Waals surface area contributed by atoms with E-state index in [1.54, 1.807) is 26.0 Å². The lowest BCUT2D eigenvalue weighted by Gasteiger charge is -2.26. The summed E-state index contributed by atoms with van der Waals surface area (Å²) in [4.78, 5) is 38.0. The molecule has 0 atom stereocenters. The van der Waals surface area contributed by atoms with Gasteiger partial charge < -0.3 is 10.2 Å². The lowest BCUT2D eigenvalue weighted by Crippen LogP contribution is -2.23.